The molecule has 0 aliphatic carbocycles. The fourth-order valence-electron chi connectivity index (χ4n) is 1.97. The second kappa shape index (κ2) is 4.80. The molecular formula is C10H17N5O2. The van der Waals surface area contributed by atoms with E-state index in [-0.39, 0.29) is 12.0 Å². The number of hydrogen-bond acceptors (Lipinski definition) is 5. The van der Waals surface area contributed by atoms with Crippen molar-refractivity contribution in [2.24, 2.45) is 0 Å². The van der Waals surface area contributed by atoms with Gasteiger partial charge in [0.05, 0.1) is 12.6 Å². The van der Waals surface area contributed by atoms with Crippen molar-refractivity contribution in [1.29, 1.82) is 0 Å². The van der Waals surface area contributed by atoms with Crippen LogP contribution in [-0.4, -0.2) is 56.9 Å². The lowest BCUT2D eigenvalue weighted by molar-refractivity contribution is 0.0919. The second-order valence-corrected chi connectivity index (χ2v) is 4.39. The minimum absolute atomic E-state index is 0.173. The summed E-state index contributed by atoms with van der Waals surface area (Å²) in [5, 5.41) is 19.9. The maximum absolute atomic E-state index is 11.5. The van der Waals surface area contributed by atoms with Crippen molar-refractivity contribution in [2.75, 3.05) is 20.1 Å². The molecule has 1 aromatic rings. The van der Waals surface area contributed by atoms with Crippen LogP contribution in [0.15, 0.2) is 0 Å². The van der Waals surface area contributed by atoms with Gasteiger partial charge in [-0.25, -0.2) is 0 Å². The van der Waals surface area contributed by atoms with E-state index in [9.17, 15) is 9.90 Å². The zero-order valence-electron chi connectivity index (χ0n) is 10.1. The average molecular weight is 239 g/mol. The molecule has 0 saturated heterocycles. The van der Waals surface area contributed by atoms with Crippen LogP contribution in [0.5, 0.6) is 0 Å². The molecule has 1 amide bonds. The van der Waals surface area contributed by atoms with Crippen LogP contribution in [0.4, 0.5) is 0 Å². The lowest BCUT2D eigenvalue weighted by Gasteiger charge is -2.20. The highest BCUT2D eigenvalue weighted by Crippen LogP contribution is 2.08. The maximum Gasteiger partial charge on any atom is 0.289 e. The molecule has 1 atom stereocenters. The van der Waals surface area contributed by atoms with Gasteiger partial charge in [0.1, 0.15) is 5.82 Å². The highest BCUT2D eigenvalue weighted by Gasteiger charge is 2.22. The molecule has 0 aromatic carbocycles. The summed E-state index contributed by atoms with van der Waals surface area (Å²) in [6.07, 6.45) is -0.382. The van der Waals surface area contributed by atoms with Gasteiger partial charge in [-0.2, -0.15) is 0 Å². The zero-order chi connectivity index (χ0) is 12.4. The average Bonchev–Trinajstić information content (AvgIpc) is 2.62. The maximum atomic E-state index is 11.5. The van der Waals surface area contributed by atoms with E-state index in [1.54, 1.807) is 6.92 Å². The highest BCUT2D eigenvalue weighted by molar-refractivity contribution is 5.91. The Morgan fingerprint density at radius 1 is 1.59 bits per heavy atom. The number of hydrogen-bond donors (Lipinski definition) is 2. The van der Waals surface area contributed by atoms with Gasteiger partial charge in [0.25, 0.3) is 5.91 Å². The number of carbonyl (C=O) groups excluding carboxylic acids is 1. The largest absolute Gasteiger partial charge is 0.392 e. The first-order valence-electron chi connectivity index (χ1n) is 5.65. The lowest BCUT2D eigenvalue weighted by atomic mass is 10.3. The number of fused-ring (bicyclic) bond motifs is 1. The van der Waals surface area contributed by atoms with Gasteiger partial charge in [-0.3, -0.25) is 9.69 Å². The summed E-state index contributed by atoms with van der Waals surface area (Å²) in [4.78, 5) is 13.4. The number of aliphatic hydroxyl groups excluding tert-OH is 1. The highest BCUT2D eigenvalue weighted by atomic mass is 16.3. The number of aliphatic hydroxyl groups is 1. The van der Waals surface area contributed by atoms with Gasteiger partial charge >= 0.3 is 0 Å². The van der Waals surface area contributed by atoms with Gasteiger partial charge in [-0.05, 0) is 14.0 Å². The van der Waals surface area contributed by atoms with Gasteiger partial charge in [0.2, 0.25) is 5.82 Å². The minimum atomic E-state index is -0.382. The third-order valence-corrected chi connectivity index (χ3v) is 2.64. The van der Waals surface area contributed by atoms with Gasteiger partial charge in [0.15, 0.2) is 0 Å². The Hall–Kier alpha value is -1.47. The molecule has 2 N–H and O–H groups in total. The van der Waals surface area contributed by atoms with E-state index in [2.05, 4.69) is 15.5 Å². The summed E-state index contributed by atoms with van der Waals surface area (Å²) >= 11 is 0. The van der Waals surface area contributed by atoms with Crippen LogP contribution in [0.3, 0.4) is 0 Å². The standard InChI is InChI=1S/C10H17N5O2/c1-7(16)5-14(2)6-8-12-13-9-10(17)11-3-4-15(8)9/h7,16H,3-6H2,1-2H3,(H,11,17)/t7-/m0/s1. The number of nitrogens with one attached hydrogen (secondary N) is 1. The smallest absolute Gasteiger partial charge is 0.289 e. The molecule has 7 nitrogen and oxygen atoms in total. The molecule has 94 valence electrons. The summed E-state index contributed by atoms with van der Waals surface area (Å²) < 4.78 is 1.83. The molecule has 0 radical (unpaired) electrons. The molecule has 0 bridgehead atoms. The Morgan fingerprint density at radius 2 is 2.35 bits per heavy atom. The van der Waals surface area contributed by atoms with Crippen LogP contribution >= 0.6 is 0 Å². The van der Waals surface area contributed by atoms with Gasteiger partial charge in [0, 0.05) is 19.6 Å². The van der Waals surface area contributed by atoms with Crippen LogP contribution in [-0.2, 0) is 13.1 Å². The van der Waals surface area contributed by atoms with Gasteiger partial charge in [-0.1, -0.05) is 0 Å². The van der Waals surface area contributed by atoms with E-state index < -0.39 is 0 Å². The Kier molecular flexibility index (Phi) is 3.39. The van der Waals surface area contributed by atoms with Crippen LogP contribution in [0.1, 0.15) is 23.4 Å². The molecule has 0 saturated carbocycles. The zero-order valence-corrected chi connectivity index (χ0v) is 10.1. The van der Waals surface area contributed by atoms with E-state index in [0.717, 1.165) is 5.82 Å². The lowest BCUT2D eigenvalue weighted by Crippen LogP contribution is -2.37. The van der Waals surface area contributed by atoms with E-state index in [1.165, 1.54) is 0 Å². The summed E-state index contributed by atoms with van der Waals surface area (Å²) in [5.41, 5.74) is 0. The number of aromatic nitrogens is 3. The molecular weight excluding hydrogens is 222 g/mol. The molecule has 0 unspecified atom stereocenters. The first-order chi connectivity index (χ1) is 8.08. The first kappa shape index (κ1) is 12.0. The van der Waals surface area contributed by atoms with E-state index in [4.69, 9.17) is 0 Å². The number of amides is 1. The molecule has 1 aliphatic heterocycles. The number of nitrogens with zero attached hydrogens (tertiary/aromatic N) is 4. The quantitative estimate of drug-likeness (QED) is 0.692. The molecule has 1 aliphatic rings. The molecule has 1 aromatic heterocycles. The molecule has 0 fully saturated rings. The Bertz CT molecular complexity index is 415. The summed E-state index contributed by atoms with van der Waals surface area (Å²) in [6.45, 7) is 4.19. The fourth-order valence-corrected chi connectivity index (χ4v) is 1.97. The van der Waals surface area contributed by atoms with Crippen LogP contribution in [0.25, 0.3) is 0 Å². The molecule has 7 heteroatoms. The van der Waals surface area contributed by atoms with Crippen molar-refractivity contribution >= 4 is 5.91 Å². The number of likely N-dealkylation sites (N-methyl/N-ethyl adjacent to an activating group) is 1. The van der Waals surface area contributed by atoms with Gasteiger partial charge in [-0.15, -0.1) is 10.2 Å². The third-order valence-electron chi connectivity index (χ3n) is 2.64. The van der Waals surface area contributed by atoms with Crippen molar-refractivity contribution in [3.8, 4) is 0 Å². The third kappa shape index (κ3) is 2.62. The SMILES string of the molecule is C[C@H](O)CN(C)Cc1nnc2n1CCNC2=O. The predicted octanol–water partition coefficient (Wildman–Crippen LogP) is -1.17. The molecule has 2 heterocycles. The van der Waals surface area contributed by atoms with Crippen molar-refractivity contribution in [1.82, 2.24) is 25.0 Å². The summed E-state index contributed by atoms with van der Waals surface area (Å²) in [5.74, 6) is 0.961. The molecule has 2 rings (SSSR count). The summed E-state index contributed by atoms with van der Waals surface area (Å²) in [7, 11) is 1.90. The molecule has 17 heavy (non-hydrogen) atoms. The van der Waals surface area contributed by atoms with Crippen molar-refractivity contribution in [2.45, 2.75) is 26.1 Å². The summed E-state index contributed by atoms with van der Waals surface area (Å²) in [6, 6.07) is 0. The Balaban J connectivity index is 2.09. The van der Waals surface area contributed by atoms with Gasteiger partial charge < -0.3 is 15.0 Å². The minimum Gasteiger partial charge on any atom is -0.392 e. The fraction of sp³-hybridized carbons (Fsp3) is 0.700. The van der Waals surface area contributed by atoms with E-state index >= 15 is 0 Å². The normalized spacial score (nSPS) is 16.8. The topological polar surface area (TPSA) is 83.3 Å². The molecule has 0 spiro atoms. The Morgan fingerprint density at radius 3 is 3.06 bits per heavy atom. The number of carbonyl (C=O) groups is 1. The van der Waals surface area contributed by atoms with Crippen molar-refractivity contribution in [3.63, 3.8) is 0 Å². The predicted molar refractivity (Wildman–Crippen MR) is 60.4 cm³/mol. The number of rotatable bonds is 4. The monoisotopic (exact) mass is 239 g/mol. The second-order valence-electron chi connectivity index (χ2n) is 4.39. The van der Waals surface area contributed by atoms with Crippen molar-refractivity contribution in [3.05, 3.63) is 11.6 Å². The van der Waals surface area contributed by atoms with E-state index in [0.29, 0.717) is 32.0 Å². The Labute approximate surface area is 99.4 Å². The van der Waals surface area contributed by atoms with E-state index in [1.807, 2.05) is 16.5 Å². The first-order valence-corrected chi connectivity index (χ1v) is 5.65. The van der Waals surface area contributed by atoms with Crippen LogP contribution < -0.4 is 5.32 Å². The van der Waals surface area contributed by atoms with Crippen molar-refractivity contribution < 1.29 is 9.90 Å². The van der Waals surface area contributed by atoms with Crippen LogP contribution in [0, 0.1) is 0 Å². The van der Waals surface area contributed by atoms with Crippen LogP contribution in [0.2, 0.25) is 0 Å².